The van der Waals surface area contributed by atoms with Gasteiger partial charge in [0.2, 0.25) is 11.9 Å². The zero-order valence-electron chi connectivity index (χ0n) is 36.4. The summed E-state index contributed by atoms with van der Waals surface area (Å²) < 4.78 is 7.22. The molecule has 7 heterocycles. The van der Waals surface area contributed by atoms with Crippen LogP contribution in [0.25, 0.3) is 28.3 Å². The van der Waals surface area contributed by atoms with Crippen molar-refractivity contribution in [2.75, 3.05) is 67.1 Å². The largest absolute Gasteiger partial charge is 0.372 e. The lowest BCUT2D eigenvalue weighted by molar-refractivity contribution is -0.120. The number of fused-ring (bicyclic) bond motifs is 1. The van der Waals surface area contributed by atoms with Gasteiger partial charge in [-0.25, -0.2) is 24.7 Å². The maximum atomic E-state index is 13.0. The van der Waals surface area contributed by atoms with Gasteiger partial charge in [-0.1, -0.05) is 38.1 Å². The van der Waals surface area contributed by atoms with Crippen molar-refractivity contribution in [1.29, 1.82) is 0 Å². The molecule has 3 fully saturated rings. The number of urea groups is 1. The molecular weight excluding hydrogens is 799 g/mol. The number of carbonyl (C=O) groups excluding carboxylic acids is 3. The fourth-order valence-electron chi connectivity index (χ4n) is 8.67. The Morgan fingerprint density at radius 3 is 2.29 bits per heavy atom. The van der Waals surface area contributed by atoms with E-state index in [0.717, 1.165) is 115 Å². The normalized spacial score (nSPS) is 17.3. The molecule has 3 aliphatic rings. The molecule has 326 valence electrons. The Bertz CT molecular complexity index is 2620. The number of benzene rings is 2. The van der Waals surface area contributed by atoms with E-state index in [1.807, 2.05) is 87.9 Å². The number of hydrogen-bond acceptors (Lipinski definition) is 13. The number of piperidine rings is 1. The van der Waals surface area contributed by atoms with Crippen molar-refractivity contribution in [3.8, 4) is 22.6 Å². The van der Waals surface area contributed by atoms with Crippen molar-refractivity contribution in [2.24, 2.45) is 5.92 Å². The molecule has 4 amide bonds. The second-order valence-electron chi connectivity index (χ2n) is 17.8. The van der Waals surface area contributed by atoms with Crippen LogP contribution in [-0.4, -0.2) is 110 Å². The van der Waals surface area contributed by atoms with Crippen molar-refractivity contribution in [3.05, 3.63) is 96.2 Å². The van der Waals surface area contributed by atoms with Crippen LogP contribution in [0, 0.1) is 12.8 Å². The highest BCUT2D eigenvalue weighted by Crippen LogP contribution is 2.30. The molecule has 2 aromatic carbocycles. The average molecular weight is 852 g/mol. The molecule has 0 bridgehead atoms. The summed E-state index contributed by atoms with van der Waals surface area (Å²) in [6.07, 6.45) is 9.95. The number of imidazole rings is 1. The fourth-order valence-corrected chi connectivity index (χ4v) is 8.67. The van der Waals surface area contributed by atoms with Crippen LogP contribution in [0.3, 0.4) is 0 Å². The number of aromatic nitrogens is 7. The summed E-state index contributed by atoms with van der Waals surface area (Å²) in [5.74, 6) is 1.88. The van der Waals surface area contributed by atoms with Crippen molar-refractivity contribution in [2.45, 2.75) is 65.3 Å². The third-order valence-electron chi connectivity index (χ3n) is 12.3. The van der Waals surface area contributed by atoms with Crippen molar-refractivity contribution < 1.29 is 18.9 Å². The van der Waals surface area contributed by atoms with Gasteiger partial charge in [-0.3, -0.25) is 29.1 Å². The number of nitrogens with one attached hydrogen (secondary N) is 2. The Morgan fingerprint density at radius 1 is 0.873 bits per heavy atom. The van der Waals surface area contributed by atoms with Crippen LogP contribution in [0.2, 0.25) is 0 Å². The monoisotopic (exact) mass is 851 g/mol. The number of amides is 4. The van der Waals surface area contributed by atoms with Gasteiger partial charge in [0.25, 0.3) is 0 Å². The summed E-state index contributed by atoms with van der Waals surface area (Å²) in [6.45, 7) is 17.0. The molecule has 9 rings (SSSR count). The molecule has 0 radical (unpaired) electrons. The second-order valence-corrected chi connectivity index (χ2v) is 17.8. The second kappa shape index (κ2) is 17.2. The van der Waals surface area contributed by atoms with E-state index in [-0.39, 0.29) is 29.3 Å². The van der Waals surface area contributed by atoms with Gasteiger partial charge in [0.05, 0.1) is 11.7 Å². The first-order valence-electron chi connectivity index (χ1n) is 21.7. The zero-order valence-corrected chi connectivity index (χ0v) is 36.4. The number of hydrogen-bond donors (Lipinski definition) is 2. The van der Waals surface area contributed by atoms with Gasteiger partial charge in [-0.15, -0.1) is 0 Å². The number of rotatable bonds is 10. The maximum Gasteiger partial charge on any atom is 0.328 e. The lowest BCUT2D eigenvalue weighted by Gasteiger charge is -2.39. The number of nitrogens with zero attached hydrogens (tertiary/aromatic N) is 11. The number of imide groups is 1. The summed E-state index contributed by atoms with van der Waals surface area (Å²) in [4.78, 5) is 69.2. The van der Waals surface area contributed by atoms with Gasteiger partial charge in [-0.05, 0) is 74.1 Å². The van der Waals surface area contributed by atoms with Gasteiger partial charge in [-0.2, -0.15) is 4.98 Å². The highest BCUT2D eigenvalue weighted by molar-refractivity contribution is 6.05. The maximum absolute atomic E-state index is 13.0. The highest BCUT2D eigenvalue weighted by Gasteiger charge is 2.28. The van der Waals surface area contributed by atoms with Crippen LogP contribution in [0.15, 0.2) is 77.8 Å². The molecule has 0 saturated carbocycles. The minimum atomic E-state index is -0.419. The standard InChI is InChI=1S/C46H53N13O4/c1-29-24-32(6-11-36(29)30(2)50-41(61)42-53-43(54-63-42)46(3,4)5)40-51-37(25-38-47-15-19-59(38)40)33-26-48-44(49-27-33)57-22-20-55(21-23-57)28-31-12-16-56(17-13-31)34-7-9-35(10-8-34)58-18-14-39(60)52-45(58)62/h6-11,15,19,24-27,30-31H,12-14,16-18,20-23,28H2,1-5H3,(H,50,61)(H,52,60,62)/t30-/m1/s1. The molecule has 2 N–H and O–H groups in total. The SMILES string of the molecule is Cc1cc(-c2nc(-c3cnc(N4CCN(CC5CCN(c6ccc(N7CCC(=O)NC7=O)cc6)CC5)CC4)nc3)cc3nccn23)ccc1[C@@H](C)NC(=O)c1nc(C(C)(C)C)no1. The third-order valence-corrected chi connectivity index (χ3v) is 12.3. The van der Waals surface area contributed by atoms with Crippen LogP contribution in [-0.2, 0) is 10.2 Å². The third kappa shape index (κ3) is 8.96. The first-order chi connectivity index (χ1) is 30.4. The molecule has 17 heteroatoms. The van der Waals surface area contributed by atoms with Crippen molar-refractivity contribution in [1.82, 2.24) is 50.0 Å². The van der Waals surface area contributed by atoms with Crippen molar-refractivity contribution in [3.63, 3.8) is 0 Å². The zero-order chi connectivity index (χ0) is 43.8. The van der Waals surface area contributed by atoms with Crippen LogP contribution < -0.4 is 25.3 Å². The smallest absolute Gasteiger partial charge is 0.328 e. The first kappa shape index (κ1) is 41.6. The summed E-state index contributed by atoms with van der Waals surface area (Å²) in [6, 6.07) is 15.5. The van der Waals surface area contributed by atoms with Gasteiger partial charge in [0, 0.05) is 118 Å². The Labute approximate surface area is 365 Å². The van der Waals surface area contributed by atoms with E-state index in [1.54, 1.807) is 11.1 Å². The predicted octanol–water partition coefficient (Wildman–Crippen LogP) is 5.82. The number of piperazine rings is 1. The van der Waals surface area contributed by atoms with Crippen molar-refractivity contribution >= 4 is 40.8 Å². The molecule has 0 aliphatic carbocycles. The molecule has 0 spiro atoms. The fraction of sp³-hybridized carbons (Fsp3) is 0.413. The van der Waals surface area contributed by atoms with Crippen LogP contribution >= 0.6 is 0 Å². The van der Waals surface area contributed by atoms with Crippen LogP contribution in [0.4, 0.5) is 22.1 Å². The predicted molar refractivity (Wildman–Crippen MR) is 239 cm³/mol. The molecule has 63 heavy (non-hydrogen) atoms. The van der Waals surface area contributed by atoms with E-state index in [2.05, 4.69) is 58.7 Å². The molecular formula is C46H53N13O4. The molecule has 1 atom stereocenters. The Hall–Kier alpha value is -6.75. The highest BCUT2D eigenvalue weighted by atomic mass is 16.5. The van der Waals surface area contributed by atoms with E-state index in [1.165, 1.54) is 0 Å². The molecule has 4 aromatic heterocycles. The molecule has 17 nitrogen and oxygen atoms in total. The van der Waals surface area contributed by atoms with E-state index >= 15 is 0 Å². The Kier molecular flexibility index (Phi) is 11.4. The van der Waals surface area contributed by atoms with Gasteiger partial charge < -0.3 is 19.6 Å². The minimum Gasteiger partial charge on any atom is -0.372 e. The first-order valence-corrected chi connectivity index (χ1v) is 21.7. The average Bonchev–Trinajstić information content (AvgIpc) is 3.99. The minimum absolute atomic E-state index is 0.0567. The molecule has 6 aromatic rings. The Balaban J connectivity index is 0.785. The van der Waals surface area contributed by atoms with E-state index in [9.17, 15) is 14.4 Å². The van der Waals surface area contributed by atoms with Gasteiger partial charge in [0.15, 0.2) is 5.82 Å². The van der Waals surface area contributed by atoms with Gasteiger partial charge in [0.1, 0.15) is 11.5 Å². The van der Waals surface area contributed by atoms with E-state index in [0.29, 0.717) is 24.7 Å². The number of carbonyl (C=O) groups is 3. The summed E-state index contributed by atoms with van der Waals surface area (Å²) >= 11 is 0. The number of anilines is 3. The topological polar surface area (TPSA) is 183 Å². The molecule has 0 unspecified atom stereocenters. The lowest BCUT2D eigenvalue weighted by Crippen LogP contribution is -2.49. The van der Waals surface area contributed by atoms with E-state index in [4.69, 9.17) is 19.5 Å². The van der Waals surface area contributed by atoms with Gasteiger partial charge >= 0.3 is 17.8 Å². The lowest BCUT2D eigenvalue weighted by atomic mass is 9.95. The van der Waals surface area contributed by atoms with E-state index < -0.39 is 5.91 Å². The van der Waals surface area contributed by atoms with Crippen LogP contribution in [0.1, 0.15) is 80.6 Å². The quantitative estimate of drug-likeness (QED) is 0.168. The molecule has 3 saturated heterocycles. The number of aryl methyl sites for hydroxylation is 1. The summed E-state index contributed by atoms with van der Waals surface area (Å²) in [5, 5.41) is 9.37. The summed E-state index contributed by atoms with van der Waals surface area (Å²) in [5.41, 5.74) is 6.79. The van der Waals surface area contributed by atoms with Crippen LogP contribution in [0.5, 0.6) is 0 Å². The molecule has 3 aliphatic heterocycles. The summed E-state index contributed by atoms with van der Waals surface area (Å²) in [7, 11) is 0. The Morgan fingerprint density at radius 2 is 1.60 bits per heavy atom.